The van der Waals surface area contributed by atoms with Crippen molar-refractivity contribution in [2.24, 2.45) is 0 Å². The third-order valence-corrected chi connectivity index (χ3v) is 4.30. The van der Waals surface area contributed by atoms with Gasteiger partial charge < -0.3 is 19.7 Å². The Bertz CT molecular complexity index is 694. The third kappa shape index (κ3) is 7.07. The van der Waals surface area contributed by atoms with Gasteiger partial charge in [0, 0.05) is 0 Å². The Balaban J connectivity index is 2.05. The topological polar surface area (TPSA) is 84.9 Å². The van der Waals surface area contributed by atoms with Crippen molar-refractivity contribution >= 4 is 18.0 Å². The van der Waals surface area contributed by atoms with Crippen molar-refractivity contribution in [3.05, 3.63) is 35.9 Å². The van der Waals surface area contributed by atoms with E-state index in [-0.39, 0.29) is 18.5 Å². The molecule has 1 aromatic carbocycles. The van der Waals surface area contributed by atoms with Gasteiger partial charge in [-0.05, 0) is 59.9 Å². The second kappa shape index (κ2) is 8.84. The summed E-state index contributed by atoms with van der Waals surface area (Å²) >= 11 is 0. The van der Waals surface area contributed by atoms with Crippen LogP contribution in [0.3, 0.4) is 0 Å². The SMILES string of the molecule is CC(C)(C)OC(=O)CN1C(=O)[C@@H](NC(=O)OC(C)(C)C)[C@H]1CCc1ccccc1. The number of ether oxygens (including phenoxy) is 2. The molecule has 2 rings (SSSR count). The summed E-state index contributed by atoms with van der Waals surface area (Å²) in [6.45, 7) is 10.5. The number of nitrogens with zero attached hydrogens (tertiary/aromatic N) is 1. The van der Waals surface area contributed by atoms with Gasteiger partial charge in [0.25, 0.3) is 0 Å². The molecule has 1 N–H and O–H groups in total. The lowest BCUT2D eigenvalue weighted by Crippen LogP contribution is -2.71. The quantitative estimate of drug-likeness (QED) is 0.582. The predicted molar refractivity (Wildman–Crippen MR) is 109 cm³/mol. The molecule has 29 heavy (non-hydrogen) atoms. The zero-order valence-electron chi connectivity index (χ0n) is 18.2. The lowest BCUT2D eigenvalue weighted by molar-refractivity contribution is -0.167. The van der Waals surface area contributed by atoms with E-state index in [1.165, 1.54) is 4.90 Å². The van der Waals surface area contributed by atoms with Gasteiger partial charge in [-0.15, -0.1) is 0 Å². The molecule has 1 aliphatic rings. The van der Waals surface area contributed by atoms with Crippen molar-refractivity contribution in [1.29, 1.82) is 0 Å². The summed E-state index contributed by atoms with van der Waals surface area (Å²) in [6.07, 6.45) is 0.687. The fraction of sp³-hybridized carbons (Fsp3) is 0.591. The second-order valence-electron chi connectivity index (χ2n) is 9.27. The molecule has 0 spiro atoms. The summed E-state index contributed by atoms with van der Waals surface area (Å²) in [7, 11) is 0. The van der Waals surface area contributed by atoms with Crippen LogP contribution in [-0.4, -0.2) is 52.7 Å². The van der Waals surface area contributed by atoms with Crippen LogP contribution in [-0.2, 0) is 25.5 Å². The zero-order chi connectivity index (χ0) is 21.8. The van der Waals surface area contributed by atoms with Crippen LogP contribution >= 0.6 is 0 Å². The van der Waals surface area contributed by atoms with Gasteiger partial charge in [-0.3, -0.25) is 9.59 Å². The number of likely N-dealkylation sites (tertiary alicyclic amines) is 1. The predicted octanol–water partition coefficient (Wildman–Crippen LogP) is 3.07. The minimum Gasteiger partial charge on any atom is -0.459 e. The molecule has 2 amide bonds. The molecular weight excluding hydrogens is 372 g/mol. The number of hydrogen-bond acceptors (Lipinski definition) is 5. The molecule has 160 valence electrons. The number of benzene rings is 1. The number of carbonyl (C=O) groups excluding carboxylic acids is 3. The number of nitrogens with one attached hydrogen (secondary N) is 1. The van der Waals surface area contributed by atoms with Crippen molar-refractivity contribution in [3.8, 4) is 0 Å². The molecule has 1 aromatic rings. The maximum atomic E-state index is 12.6. The summed E-state index contributed by atoms with van der Waals surface area (Å²) in [4.78, 5) is 38.5. The van der Waals surface area contributed by atoms with E-state index in [1.54, 1.807) is 41.5 Å². The molecule has 0 aromatic heterocycles. The standard InChI is InChI=1S/C22H32N2O5/c1-21(2,3)28-17(25)14-24-16(13-12-15-10-8-7-9-11-15)18(19(24)26)23-20(27)29-22(4,5)6/h7-11,16,18H,12-14H2,1-6H3,(H,23,27)/t16-,18+/m1/s1. The van der Waals surface area contributed by atoms with Gasteiger partial charge in [-0.25, -0.2) is 4.79 Å². The van der Waals surface area contributed by atoms with Crippen LogP contribution < -0.4 is 5.32 Å². The average molecular weight is 405 g/mol. The molecule has 1 heterocycles. The first-order valence-corrected chi connectivity index (χ1v) is 9.91. The van der Waals surface area contributed by atoms with Crippen LogP contribution in [0.1, 0.15) is 53.5 Å². The minimum atomic E-state index is -0.712. The van der Waals surface area contributed by atoms with E-state index in [9.17, 15) is 14.4 Å². The van der Waals surface area contributed by atoms with Crippen LogP contribution in [0, 0.1) is 0 Å². The molecule has 2 atom stereocenters. The van der Waals surface area contributed by atoms with Gasteiger partial charge in [0.2, 0.25) is 5.91 Å². The van der Waals surface area contributed by atoms with Crippen LogP contribution in [0.15, 0.2) is 30.3 Å². The number of alkyl carbamates (subject to hydrolysis) is 1. The fourth-order valence-corrected chi connectivity index (χ4v) is 3.19. The highest BCUT2D eigenvalue weighted by Crippen LogP contribution is 2.26. The molecule has 0 bridgehead atoms. The lowest BCUT2D eigenvalue weighted by atomic mass is 9.89. The second-order valence-corrected chi connectivity index (χ2v) is 9.27. The highest BCUT2D eigenvalue weighted by Gasteiger charge is 2.49. The Kier molecular flexibility index (Phi) is 6.93. The first kappa shape index (κ1) is 22.7. The number of carbonyl (C=O) groups is 3. The van der Waals surface area contributed by atoms with Gasteiger partial charge in [0.15, 0.2) is 0 Å². The molecule has 0 saturated carbocycles. The third-order valence-electron chi connectivity index (χ3n) is 4.30. The zero-order valence-corrected chi connectivity index (χ0v) is 18.2. The number of rotatable bonds is 6. The molecule has 7 nitrogen and oxygen atoms in total. The average Bonchev–Trinajstić information content (AvgIpc) is 2.57. The van der Waals surface area contributed by atoms with E-state index in [4.69, 9.17) is 9.47 Å². The molecule has 1 saturated heterocycles. The maximum Gasteiger partial charge on any atom is 0.408 e. The van der Waals surface area contributed by atoms with Crippen LogP contribution in [0.2, 0.25) is 0 Å². The van der Waals surface area contributed by atoms with Crippen molar-refractivity contribution in [1.82, 2.24) is 10.2 Å². The molecule has 0 radical (unpaired) electrons. The smallest absolute Gasteiger partial charge is 0.408 e. The summed E-state index contributed by atoms with van der Waals surface area (Å²) < 4.78 is 10.6. The van der Waals surface area contributed by atoms with Crippen molar-refractivity contribution in [3.63, 3.8) is 0 Å². The molecule has 0 aliphatic carbocycles. The molecule has 0 unspecified atom stereocenters. The summed E-state index contributed by atoms with van der Waals surface area (Å²) in [5.41, 5.74) is -0.161. The number of hydrogen-bond donors (Lipinski definition) is 1. The molecule has 7 heteroatoms. The van der Waals surface area contributed by atoms with Crippen LogP contribution in [0.25, 0.3) is 0 Å². The largest absolute Gasteiger partial charge is 0.459 e. The van der Waals surface area contributed by atoms with Gasteiger partial charge in [-0.2, -0.15) is 0 Å². The Hall–Kier alpha value is -2.57. The normalized spacial score (nSPS) is 19.4. The van der Waals surface area contributed by atoms with E-state index in [1.807, 2.05) is 30.3 Å². The summed E-state index contributed by atoms with van der Waals surface area (Å²) in [6, 6.07) is 8.85. The van der Waals surface area contributed by atoms with Crippen molar-refractivity contribution < 1.29 is 23.9 Å². The Morgan fingerprint density at radius 2 is 1.59 bits per heavy atom. The maximum absolute atomic E-state index is 12.6. The Labute approximate surface area is 172 Å². The van der Waals surface area contributed by atoms with E-state index >= 15 is 0 Å². The van der Waals surface area contributed by atoms with Crippen molar-refractivity contribution in [2.75, 3.05) is 6.54 Å². The number of β-lactam (4-membered cyclic amide) rings is 1. The Morgan fingerprint density at radius 3 is 2.14 bits per heavy atom. The number of aryl methyl sites for hydroxylation is 1. The van der Waals surface area contributed by atoms with Crippen LogP contribution in [0.4, 0.5) is 4.79 Å². The van der Waals surface area contributed by atoms with Gasteiger partial charge in [-0.1, -0.05) is 30.3 Å². The van der Waals surface area contributed by atoms with E-state index in [0.29, 0.717) is 6.42 Å². The van der Waals surface area contributed by atoms with Crippen LogP contribution in [0.5, 0.6) is 0 Å². The summed E-state index contributed by atoms with van der Waals surface area (Å²) in [5, 5.41) is 2.66. The van der Waals surface area contributed by atoms with Gasteiger partial charge >= 0.3 is 12.1 Å². The van der Waals surface area contributed by atoms with E-state index in [2.05, 4.69) is 5.32 Å². The summed E-state index contributed by atoms with van der Waals surface area (Å²) in [5.74, 6) is -0.772. The first-order valence-electron chi connectivity index (χ1n) is 9.91. The highest BCUT2D eigenvalue weighted by atomic mass is 16.6. The first-order chi connectivity index (χ1) is 13.4. The van der Waals surface area contributed by atoms with Gasteiger partial charge in [0.05, 0.1) is 6.04 Å². The fourth-order valence-electron chi connectivity index (χ4n) is 3.19. The van der Waals surface area contributed by atoms with Crippen molar-refractivity contribution in [2.45, 2.75) is 77.7 Å². The van der Waals surface area contributed by atoms with E-state index in [0.717, 1.165) is 12.0 Å². The lowest BCUT2D eigenvalue weighted by Gasteiger charge is -2.47. The highest BCUT2D eigenvalue weighted by molar-refractivity contribution is 5.94. The molecular formula is C22H32N2O5. The minimum absolute atomic E-state index is 0.137. The number of amides is 2. The molecule has 1 fully saturated rings. The monoisotopic (exact) mass is 404 g/mol. The Morgan fingerprint density at radius 1 is 1.00 bits per heavy atom. The van der Waals surface area contributed by atoms with E-state index < -0.39 is 29.3 Å². The van der Waals surface area contributed by atoms with Gasteiger partial charge in [0.1, 0.15) is 23.8 Å². The number of esters is 1. The molecule has 1 aliphatic heterocycles.